The van der Waals surface area contributed by atoms with E-state index in [2.05, 4.69) is 0 Å². The number of carbonyl (C=O) groups is 3. The van der Waals surface area contributed by atoms with Gasteiger partial charge in [-0.05, 0) is 23.3 Å². The first-order valence-corrected chi connectivity index (χ1v) is 6.27. The molecule has 1 aliphatic heterocycles. The maximum absolute atomic E-state index is 12.0. The number of amides is 2. The first kappa shape index (κ1) is 13.5. The smallest absolute Gasteiger partial charge is 0.260 e. The molecule has 0 saturated heterocycles. The predicted octanol–water partition coefficient (Wildman–Crippen LogP) is 1.66. The van der Waals surface area contributed by atoms with Gasteiger partial charge in [-0.15, -0.1) is 11.6 Å². The number of hydrogen-bond acceptors (Lipinski definition) is 3. The second-order valence-electron chi connectivity index (χ2n) is 4.28. The molecule has 0 spiro atoms. The minimum Gasteiger partial charge on any atom is -0.294 e. The van der Waals surface area contributed by atoms with Crippen molar-refractivity contribution in [1.82, 2.24) is 4.90 Å². The van der Waals surface area contributed by atoms with Gasteiger partial charge in [0.25, 0.3) is 5.91 Å². The van der Waals surface area contributed by atoms with Gasteiger partial charge in [0.1, 0.15) is 0 Å². The highest BCUT2D eigenvalue weighted by atomic mass is 35.5. The number of nitrogens with zero attached hydrogens (tertiary/aromatic N) is 1. The summed E-state index contributed by atoms with van der Waals surface area (Å²) in [6.45, 7) is 0. The molecule has 0 saturated carbocycles. The Morgan fingerprint density at radius 1 is 1.42 bits per heavy atom. The zero-order valence-corrected chi connectivity index (χ0v) is 11.1. The van der Waals surface area contributed by atoms with Crippen LogP contribution in [0.2, 0.25) is 0 Å². The van der Waals surface area contributed by atoms with E-state index < -0.39 is 0 Å². The molecular formula is C14H12ClNO3. The number of rotatable bonds is 3. The summed E-state index contributed by atoms with van der Waals surface area (Å²) in [7, 11) is 1.47. The van der Waals surface area contributed by atoms with Crippen molar-refractivity contribution in [2.45, 2.75) is 6.42 Å². The Morgan fingerprint density at radius 3 is 2.84 bits per heavy atom. The highest BCUT2D eigenvalue weighted by Gasteiger charge is 2.27. The zero-order chi connectivity index (χ0) is 14.0. The number of halogens is 1. The number of likely N-dealkylation sites (N-methyl/N-ethyl adjacent to an activating group) is 1. The molecule has 0 radical (unpaired) electrons. The number of fused-ring (bicyclic) bond motifs is 1. The maximum atomic E-state index is 12.0. The third-order valence-corrected chi connectivity index (χ3v) is 3.24. The first-order valence-electron chi connectivity index (χ1n) is 5.73. The molecule has 1 aromatic rings. The van der Waals surface area contributed by atoms with Crippen LogP contribution < -0.4 is 0 Å². The molecule has 98 valence electrons. The first-order chi connectivity index (χ1) is 9.02. The predicted molar refractivity (Wildman–Crippen MR) is 72.0 cm³/mol. The van der Waals surface area contributed by atoms with Crippen molar-refractivity contribution in [3.8, 4) is 0 Å². The van der Waals surface area contributed by atoms with Crippen molar-refractivity contribution in [3.63, 3.8) is 0 Å². The Morgan fingerprint density at radius 2 is 2.16 bits per heavy atom. The molecule has 2 rings (SSSR count). The molecule has 2 amide bonds. The van der Waals surface area contributed by atoms with E-state index in [-0.39, 0.29) is 29.9 Å². The lowest BCUT2D eigenvalue weighted by Crippen LogP contribution is -2.39. The van der Waals surface area contributed by atoms with Crippen LogP contribution in [0.5, 0.6) is 0 Å². The van der Waals surface area contributed by atoms with Gasteiger partial charge in [-0.1, -0.05) is 18.2 Å². The van der Waals surface area contributed by atoms with Crippen molar-refractivity contribution < 1.29 is 14.4 Å². The lowest BCUT2D eigenvalue weighted by Gasteiger charge is -2.23. The van der Waals surface area contributed by atoms with Gasteiger partial charge in [0.05, 0.1) is 12.3 Å². The molecule has 1 heterocycles. The molecule has 0 aromatic heterocycles. The van der Waals surface area contributed by atoms with E-state index in [4.69, 9.17) is 11.6 Å². The van der Waals surface area contributed by atoms with Crippen molar-refractivity contribution in [2.24, 2.45) is 0 Å². The number of carbonyl (C=O) groups excluding carboxylic acids is 3. The average molecular weight is 278 g/mol. The zero-order valence-electron chi connectivity index (χ0n) is 10.4. The number of allylic oxidation sites excluding steroid dienone is 1. The van der Waals surface area contributed by atoms with Crippen LogP contribution in [-0.4, -0.2) is 35.4 Å². The number of imide groups is 1. The number of hydrogen-bond donors (Lipinski definition) is 0. The minimum absolute atomic E-state index is 0.0718. The van der Waals surface area contributed by atoms with E-state index >= 15 is 0 Å². The fourth-order valence-corrected chi connectivity index (χ4v) is 1.95. The number of alkyl halides is 1. The average Bonchev–Trinajstić information content (AvgIpc) is 2.42. The molecule has 4 nitrogen and oxygen atoms in total. The van der Waals surface area contributed by atoms with Gasteiger partial charge in [-0.2, -0.15) is 0 Å². The molecular weight excluding hydrogens is 266 g/mol. The largest absolute Gasteiger partial charge is 0.294 e. The second-order valence-corrected chi connectivity index (χ2v) is 4.55. The molecule has 0 atom stereocenters. The third kappa shape index (κ3) is 2.74. The van der Waals surface area contributed by atoms with Crippen molar-refractivity contribution in [1.29, 1.82) is 0 Å². The summed E-state index contributed by atoms with van der Waals surface area (Å²) < 4.78 is 0. The summed E-state index contributed by atoms with van der Waals surface area (Å²) in [5, 5.41) is 0. The van der Waals surface area contributed by atoms with Gasteiger partial charge >= 0.3 is 0 Å². The van der Waals surface area contributed by atoms with Crippen LogP contribution in [0, 0.1) is 0 Å². The lowest BCUT2D eigenvalue weighted by molar-refractivity contribution is -0.127. The van der Waals surface area contributed by atoms with E-state index in [1.54, 1.807) is 24.3 Å². The highest BCUT2D eigenvalue weighted by molar-refractivity contribution is 6.29. The summed E-state index contributed by atoms with van der Waals surface area (Å²) in [4.78, 5) is 35.7. The molecule has 5 heteroatoms. The van der Waals surface area contributed by atoms with E-state index in [9.17, 15) is 14.4 Å². The fourth-order valence-electron chi connectivity index (χ4n) is 1.86. The van der Waals surface area contributed by atoms with Crippen LogP contribution in [0.25, 0.3) is 6.08 Å². The summed E-state index contributed by atoms with van der Waals surface area (Å²) in [5.41, 5.74) is 1.95. The van der Waals surface area contributed by atoms with Crippen LogP contribution >= 0.6 is 11.6 Å². The van der Waals surface area contributed by atoms with Gasteiger partial charge in [0.15, 0.2) is 5.78 Å². The van der Waals surface area contributed by atoms with Crippen LogP contribution in [0.1, 0.15) is 21.5 Å². The van der Waals surface area contributed by atoms with Crippen LogP contribution in [0.3, 0.4) is 0 Å². The topological polar surface area (TPSA) is 54.5 Å². The quantitative estimate of drug-likeness (QED) is 0.480. The Labute approximate surface area is 115 Å². The van der Waals surface area contributed by atoms with E-state index in [0.29, 0.717) is 11.1 Å². The van der Waals surface area contributed by atoms with Gasteiger partial charge in [0.2, 0.25) is 5.91 Å². The molecule has 19 heavy (non-hydrogen) atoms. The molecule has 0 fully saturated rings. The van der Waals surface area contributed by atoms with Gasteiger partial charge in [-0.3, -0.25) is 19.3 Å². The van der Waals surface area contributed by atoms with E-state index in [1.807, 2.05) is 0 Å². The minimum atomic E-state index is -0.315. The van der Waals surface area contributed by atoms with Gasteiger partial charge < -0.3 is 0 Å². The van der Waals surface area contributed by atoms with Crippen molar-refractivity contribution >= 4 is 35.3 Å². The summed E-state index contributed by atoms with van der Waals surface area (Å²) in [5.74, 6) is -0.793. The maximum Gasteiger partial charge on any atom is 0.260 e. The fraction of sp³-hybridized carbons (Fsp3) is 0.214. The Bertz CT molecular complexity index is 592. The van der Waals surface area contributed by atoms with E-state index in [1.165, 1.54) is 13.1 Å². The second kappa shape index (κ2) is 5.36. The van der Waals surface area contributed by atoms with E-state index in [0.717, 1.165) is 10.5 Å². The van der Waals surface area contributed by atoms with Crippen molar-refractivity contribution in [2.75, 3.05) is 12.9 Å². The highest BCUT2D eigenvalue weighted by Crippen LogP contribution is 2.21. The summed E-state index contributed by atoms with van der Waals surface area (Å²) in [6.07, 6.45) is 3.20. The van der Waals surface area contributed by atoms with Gasteiger partial charge in [0, 0.05) is 12.6 Å². The molecule has 1 aromatic carbocycles. The molecule has 0 aliphatic carbocycles. The third-order valence-electron chi connectivity index (χ3n) is 2.98. The Kier molecular flexibility index (Phi) is 3.81. The number of ketones is 1. The molecule has 0 N–H and O–H groups in total. The molecule has 1 aliphatic rings. The summed E-state index contributed by atoms with van der Waals surface area (Å²) in [6, 6.07) is 5.18. The monoisotopic (exact) mass is 277 g/mol. The normalized spacial score (nSPS) is 14.9. The molecule has 0 bridgehead atoms. The van der Waals surface area contributed by atoms with Crippen molar-refractivity contribution in [3.05, 3.63) is 41.0 Å². The molecule has 0 unspecified atom stereocenters. The number of benzene rings is 1. The lowest BCUT2D eigenvalue weighted by atomic mass is 9.96. The van der Waals surface area contributed by atoms with Crippen LogP contribution in [0.4, 0.5) is 0 Å². The standard InChI is InChI=1S/C14H12ClNO3/c1-16-13(18)7-10-4-2-9(3-5-11(17)8-15)6-12(10)14(16)19/h2-6H,7-8H2,1H3. The SMILES string of the molecule is CN1C(=O)Cc2ccc(C=CC(=O)CCl)cc2C1=O. The Hall–Kier alpha value is -1.94. The van der Waals surface area contributed by atoms with Crippen LogP contribution in [0.15, 0.2) is 24.3 Å². The van der Waals surface area contributed by atoms with Crippen LogP contribution in [-0.2, 0) is 16.0 Å². The summed E-state index contributed by atoms with van der Waals surface area (Å²) >= 11 is 5.39. The Balaban J connectivity index is 2.34. The van der Waals surface area contributed by atoms with Gasteiger partial charge in [-0.25, -0.2) is 0 Å².